The molecule has 0 aliphatic rings. The van der Waals surface area contributed by atoms with Crippen molar-refractivity contribution in [1.29, 1.82) is 0 Å². The molecule has 0 spiro atoms. The van der Waals surface area contributed by atoms with Gasteiger partial charge in [-0.2, -0.15) is 0 Å². The molecule has 0 bridgehead atoms. The van der Waals surface area contributed by atoms with Gasteiger partial charge in [-0.05, 0) is 31.0 Å². The van der Waals surface area contributed by atoms with Crippen molar-refractivity contribution in [1.82, 2.24) is 5.16 Å². The van der Waals surface area contributed by atoms with Crippen molar-refractivity contribution in [3.05, 3.63) is 29.0 Å². The highest BCUT2D eigenvalue weighted by atomic mass is 79.9. The van der Waals surface area contributed by atoms with E-state index in [1.807, 2.05) is 6.07 Å². The van der Waals surface area contributed by atoms with Crippen molar-refractivity contribution in [2.75, 3.05) is 5.33 Å². The van der Waals surface area contributed by atoms with Gasteiger partial charge in [-0.15, -0.1) is 0 Å². The van der Waals surface area contributed by atoms with Crippen LogP contribution in [0.5, 0.6) is 0 Å². The average Bonchev–Trinajstić information content (AvgIpc) is 2.49. The zero-order valence-electron chi connectivity index (χ0n) is 8.30. The topological polar surface area (TPSA) is 26.0 Å². The summed E-state index contributed by atoms with van der Waals surface area (Å²) in [6.07, 6.45) is 0.914. The molecule has 0 N–H and O–H groups in total. The average molecular weight is 254 g/mol. The number of fused-ring (bicyclic) bond motifs is 1. The fourth-order valence-corrected chi connectivity index (χ4v) is 2.16. The molecule has 0 saturated carbocycles. The highest BCUT2D eigenvalue weighted by Crippen LogP contribution is 2.24. The van der Waals surface area contributed by atoms with Crippen LogP contribution in [-0.2, 0) is 6.42 Å². The maximum atomic E-state index is 5.29. The van der Waals surface area contributed by atoms with E-state index in [9.17, 15) is 0 Å². The van der Waals surface area contributed by atoms with E-state index in [2.05, 4.69) is 41.0 Å². The minimum atomic E-state index is 0.901. The molecular formula is C11H12BrNO. The molecule has 0 fully saturated rings. The first kappa shape index (κ1) is 9.71. The highest BCUT2D eigenvalue weighted by Gasteiger charge is 2.10. The molecule has 0 amide bonds. The van der Waals surface area contributed by atoms with Gasteiger partial charge in [-0.25, -0.2) is 0 Å². The zero-order valence-corrected chi connectivity index (χ0v) is 9.89. The Balaban J connectivity index is 2.66. The Bertz CT molecular complexity index is 462. The van der Waals surface area contributed by atoms with Crippen LogP contribution in [0.3, 0.4) is 0 Å². The minimum absolute atomic E-state index is 0.901. The van der Waals surface area contributed by atoms with Crippen molar-refractivity contribution < 1.29 is 4.52 Å². The summed E-state index contributed by atoms with van der Waals surface area (Å²) in [5, 5.41) is 6.18. The van der Waals surface area contributed by atoms with E-state index in [0.29, 0.717) is 0 Å². The molecule has 0 saturated heterocycles. The summed E-state index contributed by atoms with van der Waals surface area (Å²) in [5.41, 5.74) is 4.42. The number of aromatic nitrogens is 1. The molecule has 0 unspecified atom stereocenters. The van der Waals surface area contributed by atoms with E-state index in [-0.39, 0.29) is 0 Å². The van der Waals surface area contributed by atoms with E-state index in [0.717, 1.165) is 23.0 Å². The standard InChI is InChI=1S/C11H12BrNO/c1-7-5-8(2)11-9(3-4-12)13-14-10(11)6-7/h5-6H,3-4H2,1-2H3. The Morgan fingerprint density at radius 2 is 2.14 bits per heavy atom. The molecule has 0 aliphatic carbocycles. The van der Waals surface area contributed by atoms with Crippen molar-refractivity contribution in [2.45, 2.75) is 20.3 Å². The summed E-state index contributed by atoms with van der Waals surface area (Å²) in [4.78, 5) is 0. The summed E-state index contributed by atoms with van der Waals surface area (Å²) >= 11 is 3.41. The van der Waals surface area contributed by atoms with Crippen molar-refractivity contribution in [3.8, 4) is 0 Å². The fourth-order valence-electron chi connectivity index (χ4n) is 1.78. The van der Waals surface area contributed by atoms with Gasteiger partial charge in [0.25, 0.3) is 0 Å². The minimum Gasteiger partial charge on any atom is -0.356 e. The van der Waals surface area contributed by atoms with Gasteiger partial charge in [-0.3, -0.25) is 0 Å². The van der Waals surface area contributed by atoms with Gasteiger partial charge in [0.15, 0.2) is 5.58 Å². The fraction of sp³-hybridized carbons (Fsp3) is 0.364. The largest absolute Gasteiger partial charge is 0.356 e. The lowest BCUT2D eigenvalue weighted by Gasteiger charge is -1.98. The van der Waals surface area contributed by atoms with Crippen LogP contribution in [-0.4, -0.2) is 10.5 Å². The van der Waals surface area contributed by atoms with Gasteiger partial charge >= 0.3 is 0 Å². The zero-order chi connectivity index (χ0) is 10.1. The highest BCUT2D eigenvalue weighted by molar-refractivity contribution is 9.09. The number of rotatable bonds is 2. The van der Waals surface area contributed by atoms with Crippen molar-refractivity contribution in [2.24, 2.45) is 0 Å². The second-order valence-electron chi connectivity index (χ2n) is 3.52. The first-order chi connectivity index (χ1) is 6.72. The van der Waals surface area contributed by atoms with E-state index < -0.39 is 0 Å². The van der Waals surface area contributed by atoms with Gasteiger partial charge in [-0.1, -0.05) is 27.2 Å². The number of benzene rings is 1. The van der Waals surface area contributed by atoms with E-state index in [1.165, 1.54) is 16.5 Å². The number of hydrogen-bond donors (Lipinski definition) is 0. The first-order valence-corrected chi connectivity index (χ1v) is 5.76. The number of hydrogen-bond acceptors (Lipinski definition) is 2. The molecule has 3 heteroatoms. The van der Waals surface area contributed by atoms with Gasteiger partial charge in [0.05, 0.1) is 5.69 Å². The lowest BCUT2D eigenvalue weighted by molar-refractivity contribution is 0.447. The lowest BCUT2D eigenvalue weighted by atomic mass is 10.1. The van der Waals surface area contributed by atoms with Crippen LogP contribution in [0.15, 0.2) is 16.7 Å². The van der Waals surface area contributed by atoms with Gasteiger partial charge < -0.3 is 4.52 Å². The Hall–Kier alpha value is -0.830. The number of aryl methyl sites for hydroxylation is 3. The van der Waals surface area contributed by atoms with Crippen molar-refractivity contribution >= 4 is 26.9 Å². The monoisotopic (exact) mass is 253 g/mol. The molecule has 1 aromatic heterocycles. The molecule has 1 heterocycles. The Labute approximate surface area is 91.4 Å². The van der Waals surface area contributed by atoms with Crippen LogP contribution in [0, 0.1) is 13.8 Å². The molecule has 2 nitrogen and oxygen atoms in total. The molecule has 2 aromatic rings. The third-order valence-corrected chi connectivity index (χ3v) is 2.71. The SMILES string of the molecule is Cc1cc(C)c2c(CCBr)noc2c1. The summed E-state index contributed by atoms with van der Waals surface area (Å²) in [6, 6.07) is 4.20. The Morgan fingerprint density at radius 1 is 1.36 bits per heavy atom. The lowest BCUT2D eigenvalue weighted by Crippen LogP contribution is -1.88. The molecule has 14 heavy (non-hydrogen) atoms. The summed E-state index contributed by atoms with van der Waals surface area (Å²) < 4.78 is 5.29. The molecule has 1 aromatic carbocycles. The summed E-state index contributed by atoms with van der Waals surface area (Å²) in [6.45, 7) is 4.17. The molecule has 74 valence electrons. The van der Waals surface area contributed by atoms with Crippen LogP contribution >= 0.6 is 15.9 Å². The van der Waals surface area contributed by atoms with Gasteiger partial charge in [0.1, 0.15) is 0 Å². The maximum Gasteiger partial charge on any atom is 0.167 e. The van der Waals surface area contributed by atoms with Crippen LogP contribution < -0.4 is 0 Å². The molecule has 0 aliphatic heterocycles. The number of alkyl halides is 1. The summed E-state index contributed by atoms with van der Waals surface area (Å²) in [7, 11) is 0. The molecule has 0 radical (unpaired) electrons. The third-order valence-electron chi connectivity index (χ3n) is 2.32. The Morgan fingerprint density at radius 3 is 2.86 bits per heavy atom. The van der Waals surface area contributed by atoms with Crippen LogP contribution in [0.2, 0.25) is 0 Å². The second-order valence-corrected chi connectivity index (χ2v) is 4.32. The summed E-state index contributed by atoms with van der Waals surface area (Å²) in [5.74, 6) is 0. The van der Waals surface area contributed by atoms with E-state index in [1.54, 1.807) is 0 Å². The maximum absolute atomic E-state index is 5.29. The van der Waals surface area contributed by atoms with Crippen LogP contribution in [0.4, 0.5) is 0 Å². The Kier molecular flexibility index (Phi) is 2.59. The van der Waals surface area contributed by atoms with E-state index in [4.69, 9.17) is 4.52 Å². The first-order valence-electron chi connectivity index (χ1n) is 4.64. The van der Waals surface area contributed by atoms with Crippen LogP contribution in [0.1, 0.15) is 16.8 Å². The van der Waals surface area contributed by atoms with E-state index >= 15 is 0 Å². The molecular weight excluding hydrogens is 242 g/mol. The van der Waals surface area contributed by atoms with Gasteiger partial charge in [0, 0.05) is 17.1 Å². The quantitative estimate of drug-likeness (QED) is 0.768. The smallest absolute Gasteiger partial charge is 0.167 e. The predicted molar refractivity (Wildman–Crippen MR) is 61.0 cm³/mol. The molecule has 2 rings (SSSR count). The van der Waals surface area contributed by atoms with Crippen LogP contribution in [0.25, 0.3) is 11.0 Å². The second kappa shape index (κ2) is 3.73. The third kappa shape index (κ3) is 1.57. The number of halogens is 1. The number of nitrogens with zero attached hydrogens (tertiary/aromatic N) is 1. The molecule has 0 atom stereocenters. The normalized spacial score (nSPS) is 11.1. The van der Waals surface area contributed by atoms with Crippen molar-refractivity contribution in [3.63, 3.8) is 0 Å². The predicted octanol–water partition coefficient (Wildman–Crippen LogP) is 3.38. The van der Waals surface area contributed by atoms with Gasteiger partial charge in [0.2, 0.25) is 0 Å².